The molecule has 0 fully saturated rings. The van der Waals surface area contributed by atoms with Crippen LogP contribution in [0.4, 0.5) is 0 Å². The highest BCUT2D eigenvalue weighted by Crippen LogP contribution is 2.20. The summed E-state index contributed by atoms with van der Waals surface area (Å²) in [5.41, 5.74) is 2.26. The Balaban J connectivity index is 0.00000264. The highest BCUT2D eigenvalue weighted by atomic mass is 127. The Hall–Kier alpha value is -1.57. The lowest BCUT2D eigenvalue weighted by atomic mass is 10.1. The molecule has 1 aromatic heterocycles. The fourth-order valence-electron chi connectivity index (χ4n) is 1.93. The van der Waals surface area contributed by atoms with E-state index in [9.17, 15) is 0 Å². The van der Waals surface area contributed by atoms with Crippen LogP contribution in [0.2, 0.25) is 0 Å². The van der Waals surface area contributed by atoms with Crippen molar-refractivity contribution in [1.82, 2.24) is 15.6 Å². The summed E-state index contributed by atoms with van der Waals surface area (Å²) in [5, 5.41) is 6.51. The normalized spacial score (nSPS) is 12.4. The maximum absolute atomic E-state index is 5.78. The van der Waals surface area contributed by atoms with Crippen LogP contribution >= 0.6 is 24.0 Å². The largest absolute Gasteiger partial charge is 0.439 e. The third-order valence-corrected chi connectivity index (χ3v) is 3.52. The molecule has 23 heavy (non-hydrogen) atoms. The van der Waals surface area contributed by atoms with Gasteiger partial charge < -0.3 is 15.1 Å². The Morgan fingerprint density at radius 1 is 1.30 bits per heavy atom. The van der Waals surface area contributed by atoms with Gasteiger partial charge in [-0.1, -0.05) is 36.8 Å². The van der Waals surface area contributed by atoms with Crippen molar-refractivity contribution >= 4 is 29.9 Å². The predicted octanol–water partition coefficient (Wildman–Crippen LogP) is 3.73. The molecule has 1 unspecified atom stereocenters. The minimum absolute atomic E-state index is 0. The molecular formula is C17H25IN4O. The van der Waals surface area contributed by atoms with E-state index in [4.69, 9.17) is 4.42 Å². The quantitative estimate of drug-likeness (QED) is 0.433. The molecule has 0 bridgehead atoms. The van der Waals surface area contributed by atoms with Gasteiger partial charge in [-0.05, 0) is 20.3 Å². The molecule has 0 radical (unpaired) electrons. The van der Waals surface area contributed by atoms with Crippen molar-refractivity contribution in [2.45, 2.75) is 39.8 Å². The summed E-state index contributed by atoms with van der Waals surface area (Å²) in [6, 6.07) is 8.58. The number of rotatable bonds is 5. The topological polar surface area (TPSA) is 62.5 Å². The number of halogens is 1. The van der Waals surface area contributed by atoms with Crippen LogP contribution in [0.25, 0.3) is 11.3 Å². The zero-order valence-corrected chi connectivity index (χ0v) is 16.4. The van der Waals surface area contributed by atoms with E-state index in [0.717, 1.165) is 23.7 Å². The molecule has 1 heterocycles. The summed E-state index contributed by atoms with van der Waals surface area (Å²) in [4.78, 5) is 8.50. The number of aromatic nitrogens is 1. The molecule has 0 aliphatic carbocycles. The number of aryl methyl sites for hydroxylation is 1. The van der Waals surface area contributed by atoms with E-state index >= 15 is 0 Å². The van der Waals surface area contributed by atoms with Crippen LogP contribution in [0.3, 0.4) is 0 Å². The summed E-state index contributed by atoms with van der Waals surface area (Å²) in [5.74, 6) is 2.17. The van der Waals surface area contributed by atoms with Crippen molar-refractivity contribution in [2.75, 3.05) is 7.05 Å². The van der Waals surface area contributed by atoms with E-state index in [1.165, 1.54) is 5.56 Å². The Bertz CT molecular complexity index is 622. The average molecular weight is 428 g/mol. The van der Waals surface area contributed by atoms with Crippen LogP contribution in [-0.2, 0) is 6.54 Å². The van der Waals surface area contributed by atoms with Gasteiger partial charge in [0.15, 0.2) is 11.7 Å². The second-order valence-corrected chi connectivity index (χ2v) is 5.36. The second-order valence-electron chi connectivity index (χ2n) is 5.36. The molecule has 0 saturated heterocycles. The van der Waals surface area contributed by atoms with Crippen LogP contribution in [0.1, 0.15) is 31.7 Å². The zero-order valence-electron chi connectivity index (χ0n) is 14.1. The van der Waals surface area contributed by atoms with E-state index in [1.807, 2.05) is 12.1 Å². The minimum atomic E-state index is 0. The maximum atomic E-state index is 5.78. The molecule has 1 atom stereocenters. The first-order chi connectivity index (χ1) is 10.6. The number of guanidine groups is 1. The van der Waals surface area contributed by atoms with E-state index in [2.05, 4.69) is 53.5 Å². The highest BCUT2D eigenvalue weighted by molar-refractivity contribution is 14.0. The summed E-state index contributed by atoms with van der Waals surface area (Å²) >= 11 is 0. The minimum Gasteiger partial charge on any atom is -0.439 e. The summed E-state index contributed by atoms with van der Waals surface area (Å²) in [6.07, 6.45) is 2.80. The number of hydrogen-bond acceptors (Lipinski definition) is 3. The summed E-state index contributed by atoms with van der Waals surface area (Å²) in [6.45, 7) is 6.82. The Morgan fingerprint density at radius 3 is 2.61 bits per heavy atom. The molecule has 2 rings (SSSR count). The fourth-order valence-corrected chi connectivity index (χ4v) is 1.93. The van der Waals surface area contributed by atoms with Gasteiger partial charge in [0.25, 0.3) is 0 Å². The van der Waals surface area contributed by atoms with Gasteiger partial charge >= 0.3 is 0 Å². The molecule has 0 aliphatic heterocycles. The molecule has 2 aromatic rings. The highest BCUT2D eigenvalue weighted by Gasteiger charge is 2.08. The first-order valence-corrected chi connectivity index (χ1v) is 7.61. The van der Waals surface area contributed by atoms with Crippen molar-refractivity contribution < 1.29 is 4.42 Å². The van der Waals surface area contributed by atoms with Crippen molar-refractivity contribution in [3.8, 4) is 11.3 Å². The molecule has 0 spiro atoms. The number of nitrogens with zero attached hydrogens (tertiary/aromatic N) is 2. The van der Waals surface area contributed by atoms with Crippen LogP contribution in [0.5, 0.6) is 0 Å². The number of oxazole rings is 1. The monoisotopic (exact) mass is 428 g/mol. The zero-order chi connectivity index (χ0) is 15.9. The molecule has 0 aliphatic rings. The van der Waals surface area contributed by atoms with Crippen molar-refractivity contribution in [3.63, 3.8) is 0 Å². The predicted molar refractivity (Wildman–Crippen MR) is 105 cm³/mol. The van der Waals surface area contributed by atoms with Crippen molar-refractivity contribution in [1.29, 1.82) is 0 Å². The third kappa shape index (κ3) is 5.85. The lowest BCUT2D eigenvalue weighted by molar-refractivity contribution is 0.495. The molecule has 0 amide bonds. The number of nitrogens with one attached hydrogen (secondary N) is 2. The second kappa shape index (κ2) is 9.54. The third-order valence-electron chi connectivity index (χ3n) is 3.52. The van der Waals surface area contributed by atoms with E-state index < -0.39 is 0 Å². The van der Waals surface area contributed by atoms with Crippen molar-refractivity contribution in [2.24, 2.45) is 4.99 Å². The van der Waals surface area contributed by atoms with E-state index in [-0.39, 0.29) is 24.0 Å². The number of benzene rings is 1. The van der Waals surface area contributed by atoms with E-state index in [0.29, 0.717) is 18.5 Å². The van der Waals surface area contributed by atoms with Gasteiger partial charge in [-0.2, -0.15) is 0 Å². The van der Waals surface area contributed by atoms with Crippen LogP contribution in [0.15, 0.2) is 39.9 Å². The number of hydrogen-bond donors (Lipinski definition) is 2. The molecule has 5 nitrogen and oxygen atoms in total. The van der Waals surface area contributed by atoms with Gasteiger partial charge in [-0.15, -0.1) is 24.0 Å². The SMILES string of the molecule is CCC(C)NC(=NC)NCc1ncc(-c2ccc(C)cc2)o1.I. The lowest BCUT2D eigenvalue weighted by Gasteiger charge is -2.15. The van der Waals surface area contributed by atoms with Crippen LogP contribution in [-0.4, -0.2) is 24.0 Å². The van der Waals surface area contributed by atoms with Gasteiger partial charge in [-0.25, -0.2) is 4.98 Å². The molecule has 6 heteroatoms. The molecule has 2 N–H and O–H groups in total. The molecule has 1 aromatic carbocycles. The van der Waals surface area contributed by atoms with Crippen LogP contribution < -0.4 is 10.6 Å². The van der Waals surface area contributed by atoms with Crippen LogP contribution in [0, 0.1) is 6.92 Å². The fraction of sp³-hybridized carbons (Fsp3) is 0.412. The number of aliphatic imine (C=N–C) groups is 1. The summed E-state index contributed by atoms with van der Waals surface area (Å²) in [7, 11) is 1.75. The van der Waals surface area contributed by atoms with Crippen molar-refractivity contribution in [3.05, 3.63) is 41.9 Å². The average Bonchev–Trinajstić information content (AvgIpc) is 3.00. The lowest BCUT2D eigenvalue weighted by Crippen LogP contribution is -2.41. The van der Waals surface area contributed by atoms with Gasteiger partial charge in [-0.3, -0.25) is 4.99 Å². The Morgan fingerprint density at radius 2 is 2.00 bits per heavy atom. The Kier molecular flexibility index (Phi) is 8.08. The first kappa shape index (κ1) is 19.5. The van der Waals surface area contributed by atoms with Gasteiger partial charge in [0.1, 0.15) is 0 Å². The standard InChI is InChI=1S/C17H24N4O.HI/c1-5-13(3)21-17(18-4)20-11-16-19-10-15(22-16)14-8-6-12(2)7-9-14;/h6-10,13H,5,11H2,1-4H3,(H2,18,20,21);1H. The smallest absolute Gasteiger partial charge is 0.214 e. The molecule has 0 saturated carbocycles. The first-order valence-electron chi connectivity index (χ1n) is 7.61. The molecular weight excluding hydrogens is 403 g/mol. The Labute approximate surface area is 155 Å². The van der Waals surface area contributed by atoms with E-state index in [1.54, 1.807) is 13.2 Å². The maximum Gasteiger partial charge on any atom is 0.214 e. The van der Waals surface area contributed by atoms with Gasteiger partial charge in [0.05, 0.1) is 12.7 Å². The van der Waals surface area contributed by atoms with Gasteiger partial charge in [0.2, 0.25) is 5.89 Å². The molecule has 126 valence electrons. The van der Waals surface area contributed by atoms with Gasteiger partial charge in [0, 0.05) is 18.7 Å². The summed E-state index contributed by atoms with van der Waals surface area (Å²) < 4.78 is 5.78.